The van der Waals surface area contributed by atoms with Gasteiger partial charge in [-0.1, -0.05) is 19.8 Å². The Morgan fingerprint density at radius 2 is 2.11 bits per heavy atom. The van der Waals surface area contributed by atoms with E-state index in [0.717, 1.165) is 42.7 Å². The maximum Gasteiger partial charge on any atom is 0.125 e. The highest BCUT2D eigenvalue weighted by molar-refractivity contribution is 5.76. The summed E-state index contributed by atoms with van der Waals surface area (Å²) < 4.78 is 15.5. The van der Waals surface area contributed by atoms with Crippen LogP contribution in [0, 0.1) is 5.82 Å². The third kappa shape index (κ3) is 3.32. The lowest BCUT2D eigenvalue weighted by Gasteiger charge is -2.08. The zero-order valence-corrected chi connectivity index (χ0v) is 11.5. The standard InChI is InChI=1S/C15H22FN3/c1-2-3-4-10-19-14-8-7-12(16)11-13(14)18-15(19)6-5-9-17/h7-8,11H,2-6,9-10,17H2,1H3. The molecule has 19 heavy (non-hydrogen) atoms. The smallest absolute Gasteiger partial charge is 0.125 e. The number of rotatable bonds is 7. The van der Waals surface area contributed by atoms with Crippen LogP contribution in [0.15, 0.2) is 18.2 Å². The molecule has 0 bridgehead atoms. The highest BCUT2D eigenvalue weighted by Crippen LogP contribution is 2.19. The molecule has 2 aromatic rings. The first kappa shape index (κ1) is 14.0. The molecule has 0 amide bonds. The Bertz CT molecular complexity index is 533. The van der Waals surface area contributed by atoms with Crippen LogP contribution >= 0.6 is 0 Å². The van der Waals surface area contributed by atoms with E-state index in [9.17, 15) is 4.39 Å². The van der Waals surface area contributed by atoms with E-state index in [1.54, 1.807) is 0 Å². The third-order valence-corrected chi connectivity index (χ3v) is 3.38. The molecule has 1 aromatic carbocycles. The molecule has 0 unspecified atom stereocenters. The van der Waals surface area contributed by atoms with Crippen LogP contribution in [-0.2, 0) is 13.0 Å². The predicted molar refractivity (Wildman–Crippen MR) is 76.6 cm³/mol. The first-order valence-electron chi connectivity index (χ1n) is 7.11. The normalized spacial score (nSPS) is 11.3. The summed E-state index contributed by atoms with van der Waals surface area (Å²) in [6.07, 6.45) is 5.31. The zero-order valence-electron chi connectivity index (χ0n) is 11.5. The van der Waals surface area contributed by atoms with Crippen molar-refractivity contribution < 1.29 is 4.39 Å². The topological polar surface area (TPSA) is 43.8 Å². The highest BCUT2D eigenvalue weighted by Gasteiger charge is 2.10. The molecule has 2 N–H and O–H groups in total. The van der Waals surface area contributed by atoms with Crippen molar-refractivity contribution in [3.63, 3.8) is 0 Å². The number of unbranched alkanes of at least 4 members (excludes halogenated alkanes) is 2. The number of nitrogens with zero attached hydrogens (tertiary/aromatic N) is 2. The second-order valence-electron chi connectivity index (χ2n) is 4.91. The van der Waals surface area contributed by atoms with Crippen LogP contribution in [0.3, 0.4) is 0 Å². The van der Waals surface area contributed by atoms with Crippen molar-refractivity contribution in [3.05, 3.63) is 29.8 Å². The average Bonchev–Trinajstić information content (AvgIpc) is 2.74. The SMILES string of the molecule is CCCCCn1c(CCCN)nc2cc(F)ccc21. The van der Waals surface area contributed by atoms with Crippen molar-refractivity contribution in [2.24, 2.45) is 5.73 Å². The fourth-order valence-electron chi connectivity index (χ4n) is 2.37. The van der Waals surface area contributed by atoms with E-state index in [1.807, 2.05) is 6.07 Å². The number of halogens is 1. The molecule has 1 aromatic heterocycles. The molecular formula is C15H22FN3. The number of imidazole rings is 1. The van der Waals surface area contributed by atoms with E-state index in [1.165, 1.54) is 25.0 Å². The van der Waals surface area contributed by atoms with Crippen LogP contribution in [0.25, 0.3) is 11.0 Å². The van der Waals surface area contributed by atoms with Crippen molar-refractivity contribution in [3.8, 4) is 0 Å². The van der Waals surface area contributed by atoms with Gasteiger partial charge in [-0.15, -0.1) is 0 Å². The average molecular weight is 263 g/mol. The summed E-state index contributed by atoms with van der Waals surface area (Å²) in [5.41, 5.74) is 7.35. The van der Waals surface area contributed by atoms with Gasteiger partial charge >= 0.3 is 0 Å². The van der Waals surface area contributed by atoms with Gasteiger partial charge in [0.15, 0.2) is 0 Å². The fourth-order valence-corrected chi connectivity index (χ4v) is 2.37. The Morgan fingerprint density at radius 3 is 2.84 bits per heavy atom. The lowest BCUT2D eigenvalue weighted by Crippen LogP contribution is -2.07. The van der Waals surface area contributed by atoms with Crippen LogP contribution in [0.4, 0.5) is 4.39 Å². The van der Waals surface area contributed by atoms with Crippen molar-refractivity contribution >= 4 is 11.0 Å². The minimum atomic E-state index is -0.226. The number of hydrogen-bond donors (Lipinski definition) is 1. The van der Waals surface area contributed by atoms with E-state index < -0.39 is 0 Å². The van der Waals surface area contributed by atoms with Gasteiger partial charge in [0.25, 0.3) is 0 Å². The second kappa shape index (κ2) is 6.66. The molecule has 3 nitrogen and oxygen atoms in total. The van der Waals surface area contributed by atoms with Crippen molar-refractivity contribution in [2.45, 2.75) is 45.6 Å². The molecule has 0 aliphatic rings. The molecule has 2 rings (SSSR count). The van der Waals surface area contributed by atoms with E-state index >= 15 is 0 Å². The van der Waals surface area contributed by atoms with Crippen LogP contribution in [0.5, 0.6) is 0 Å². The minimum absolute atomic E-state index is 0.226. The molecule has 0 radical (unpaired) electrons. The molecule has 1 heterocycles. The number of nitrogens with two attached hydrogens (primary N) is 1. The van der Waals surface area contributed by atoms with Gasteiger partial charge in [-0.2, -0.15) is 0 Å². The Kier molecular flexibility index (Phi) is 4.91. The van der Waals surface area contributed by atoms with Crippen molar-refractivity contribution in [2.75, 3.05) is 6.54 Å². The first-order valence-corrected chi connectivity index (χ1v) is 7.11. The van der Waals surface area contributed by atoms with Gasteiger partial charge in [0, 0.05) is 19.0 Å². The van der Waals surface area contributed by atoms with Crippen LogP contribution < -0.4 is 5.73 Å². The van der Waals surface area contributed by atoms with Crippen LogP contribution in [0.2, 0.25) is 0 Å². The number of benzene rings is 1. The summed E-state index contributed by atoms with van der Waals surface area (Å²) >= 11 is 0. The summed E-state index contributed by atoms with van der Waals surface area (Å²) in [6, 6.07) is 4.85. The molecule has 0 spiro atoms. The molecule has 0 aliphatic carbocycles. The van der Waals surface area contributed by atoms with Crippen LogP contribution in [0.1, 0.15) is 38.4 Å². The Balaban J connectivity index is 2.31. The van der Waals surface area contributed by atoms with Gasteiger partial charge in [0.05, 0.1) is 11.0 Å². The molecule has 0 atom stereocenters. The molecule has 104 valence electrons. The summed E-state index contributed by atoms with van der Waals surface area (Å²) in [4.78, 5) is 4.56. The summed E-state index contributed by atoms with van der Waals surface area (Å²) in [5, 5.41) is 0. The Hall–Kier alpha value is -1.42. The molecule has 4 heteroatoms. The number of hydrogen-bond acceptors (Lipinski definition) is 2. The summed E-state index contributed by atoms with van der Waals surface area (Å²) in [5.74, 6) is 0.804. The quantitative estimate of drug-likeness (QED) is 0.779. The van der Waals surface area contributed by atoms with Crippen LogP contribution in [-0.4, -0.2) is 16.1 Å². The molecular weight excluding hydrogens is 241 g/mol. The maximum absolute atomic E-state index is 13.3. The summed E-state index contributed by atoms with van der Waals surface area (Å²) in [6.45, 7) is 3.80. The van der Waals surface area contributed by atoms with Crippen molar-refractivity contribution in [1.29, 1.82) is 0 Å². The van der Waals surface area contributed by atoms with E-state index in [2.05, 4.69) is 16.5 Å². The fraction of sp³-hybridized carbons (Fsp3) is 0.533. The molecule has 0 saturated carbocycles. The molecule has 0 aliphatic heterocycles. The predicted octanol–water partition coefficient (Wildman–Crippen LogP) is 3.26. The van der Waals surface area contributed by atoms with Gasteiger partial charge in [0.2, 0.25) is 0 Å². The summed E-state index contributed by atoms with van der Waals surface area (Å²) in [7, 11) is 0. The molecule has 0 saturated heterocycles. The Morgan fingerprint density at radius 1 is 1.26 bits per heavy atom. The minimum Gasteiger partial charge on any atom is -0.330 e. The number of fused-ring (bicyclic) bond motifs is 1. The van der Waals surface area contributed by atoms with Gasteiger partial charge in [-0.3, -0.25) is 0 Å². The monoisotopic (exact) mass is 263 g/mol. The van der Waals surface area contributed by atoms with E-state index in [-0.39, 0.29) is 5.82 Å². The lowest BCUT2D eigenvalue weighted by molar-refractivity contribution is 0.585. The third-order valence-electron chi connectivity index (χ3n) is 3.38. The van der Waals surface area contributed by atoms with Gasteiger partial charge in [-0.05, 0) is 31.5 Å². The highest BCUT2D eigenvalue weighted by atomic mass is 19.1. The Labute approximate surface area is 113 Å². The largest absolute Gasteiger partial charge is 0.330 e. The van der Waals surface area contributed by atoms with Gasteiger partial charge < -0.3 is 10.3 Å². The van der Waals surface area contributed by atoms with E-state index in [0.29, 0.717) is 6.54 Å². The van der Waals surface area contributed by atoms with Crippen molar-refractivity contribution in [1.82, 2.24) is 9.55 Å². The van der Waals surface area contributed by atoms with Gasteiger partial charge in [-0.25, -0.2) is 9.37 Å². The lowest BCUT2D eigenvalue weighted by atomic mass is 10.2. The first-order chi connectivity index (χ1) is 9.26. The number of aryl methyl sites for hydroxylation is 2. The molecule has 0 fully saturated rings. The second-order valence-corrected chi connectivity index (χ2v) is 4.91. The maximum atomic E-state index is 13.3. The zero-order chi connectivity index (χ0) is 13.7. The van der Waals surface area contributed by atoms with Gasteiger partial charge in [0.1, 0.15) is 11.6 Å². The number of aromatic nitrogens is 2. The van der Waals surface area contributed by atoms with E-state index in [4.69, 9.17) is 5.73 Å².